The van der Waals surface area contributed by atoms with Crippen LogP contribution in [0.25, 0.3) is 0 Å². The summed E-state index contributed by atoms with van der Waals surface area (Å²) < 4.78 is 16.1. The minimum atomic E-state index is -0.970. The van der Waals surface area contributed by atoms with Gasteiger partial charge in [-0.3, -0.25) is 4.79 Å². The third kappa shape index (κ3) is 2.01. The smallest absolute Gasteiger partial charge is 0.338 e. The number of aliphatic hydroxyl groups is 1. The number of fused-ring (bicyclic) bond motifs is 1. The SMILES string of the molecule is COC(=O)C1=C(O)C[C@@H]2C[C@@H](C3(C)OCCO3)CC(=O)[C@]12C. The van der Waals surface area contributed by atoms with Gasteiger partial charge in [-0.25, -0.2) is 4.79 Å². The lowest BCUT2D eigenvalue weighted by Gasteiger charge is -2.43. The van der Waals surface area contributed by atoms with Crippen molar-refractivity contribution in [3.8, 4) is 0 Å². The number of esters is 1. The number of hydrogen-bond acceptors (Lipinski definition) is 6. The fraction of sp³-hybridized carbons (Fsp3) is 0.750. The fourth-order valence-electron chi connectivity index (χ4n) is 4.19. The van der Waals surface area contributed by atoms with Crippen LogP contribution in [0.3, 0.4) is 0 Å². The van der Waals surface area contributed by atoms with Crippen molar-refractivity contribution in [2.75, 3.05) is 20.3 Å². The van der Waals surface area contributed by atoms with Gasteiger partial charge in [0.05, 0.1) is 31.3 Å². The zero-order chi connectivity index (χ0) is 16.1. The monoisotopic (exact) mass is 310 g/mol. The van der Waals surface area contributed by atoms with Crippen LogP contribution in [0.2, 0.25) is 0 Å². The molecule has 3 aliphatic rings. The van der Waals surface area contributed by atoms with Crippen LogP contribution in [-0.2, 0) is 23.8 Å². The minimum Gasteiger partial charge on any atom is -0.512 e. The van der Waals surface area contributed by atoms with E-state index in [2.05, 4.69) is 0 Å². The first-order chi connectivity index (χ1) is 10.3. The van der Waals surface area contributed by atoms with E-state index in [1.54, 1.807) is 6.92 Å². The Kier molecular flexibility index (Phi) is 3.57. The maximum Gasteiger partial charge on any atom is 0.338 e. The molecule has 0 bridgehead atoms. The molecule has 0 amide bonds. The molecular weight excluding hydrogens is 288 g/mol. The van der Waals surface area contributed by atoms with Crippen molar-refractivity contribution >= 4 is 11.8 Å². The number of ether oxygens (including phenoxy) is 3. The maximum atomic E-state index is 12.8. The number of carbonyl (C=O) groups excluding carboxylic acids is 2. The highest BCUT2D eigenvalue weighted by Gasteiger charge is 2.59. The Balaban J connectivity index is 1.90. The average molecular weight is 310 g/mol. The first-order valence-corrected chi connectivity index (χ1v) is 7.65. The Morgan fingerprint density at radius 2 is 1.86 bits per heavy atom. The molecule has 22 heavy (non-hydrogen) atoms. The predicted molar refractivity (Wildman–Crippen MR) is 75.9 cm³/mol. The molecule has 0 aromatic rings. The first kappa shape index (κ1) is 15.5. The van der Waals surface area contributed by atoms with Gasteiger partial charge >= 0.3 is 5.97 Å². The summed E-state index contributed by atoms with van der Waals surface area (Å²) in [6.45, 7) is 4.66. The van der Waals surface area contributed by atoms with Gasteiger partial charge in [0.15, 0.2) is 5.79 Å². The van der Waals surface area contributed by atoms with E-state index < -0.39 is 17.2 Å². The van der Waals surface area contributed by atoms with Crippen molar-refractivity contribution in [2.45, 2.75) is 38.9 Å². The summed E-state index contributed by atoms with van der Waals surface area (Å²) >= 11 is 0. The number of allylic oxidation sites excluding steroid dienone is 1. The highest BCUT2D eigenvalue weighted by molar-refractivity contribution is 6.02. The molecule has 3 rings (SSSR count). The summed E-state index contributed by atoms with van der Waals surface area (Å²) in [4.78, 5) is 24.8. The van der Waals surface area contributed by atoms with E-state index in [1.807, 2.05) is 6.92 Å². The number of ketones is 1. The maximum absolute atomic E-state index is 12.8. The van der Waals surface area contributed by atoms with Gasteiger partial charge in [-0.1, -0.05) is 0 Å². The molecule has 0 radical (unpaired) electrons. The van der Waals surface area contributed by atoms with Crippen molar-refractivity contribution in [3.63, 3.8) is 0 Å². The Morgan fingerprint density at radius 3 is 2.45 bits per heavy atom. The molecular formula is C16H22O6. The van der Waals surface area contributed by atoms with E-state index >= 15 is 0 Å². The van der Waals surface area contributed by atoms with Crippen molar-refractivity contribution in [3.05, 3.63) is 11.3 Å². The number of hydrogen-bond donors (Lipinski definition) is 1. The molecule has 1 saturated carbocycles. The Hall–Kier alpha value is -1.40. The van der Waals surface area contributed by atoms with Crippen LogP contribution in [0.4, 0.5) is 0 Å². The molecule has 6 nitrogen and oxygen atoms in total. The molecule has 0 unspecified atom stereocenters. The standard InChI is InChI=1S/C16H22O6/c1-15-9(7-11(17)13(15)14(19)20-3)6-10(8-12(15)18)16(2)21-4-5-22-16/h9-10,17H,4-8H2,1-3H3/t9-,10+,15+/m0/s1. The van der Waals surface area contributed by atoms with Gasteiger partial charge < -0.3 is 19.3 Å². The van der Waals surface area contributed by atoms with Crippen LogP contribution in [0, 0.1) is 17.3 Å². The quantitative estimate of drug-likeness (QED) is 0.782. The average Bonchev–Trinajstić information content (AvgIpc) is 3.01. The Bertz CT molecular complexity index is 545. The fourth-order valence-corrected chi connectivity index (χ4v) is 4.19. The van der Waals surface area contributed by atoms with E-state index in [1.165, 1.54) is 7.11 Å². The van der Waals surface area contributed by atoms with Crippen molar-refractivity contribution in [2.24, 2.45) is 17.3 Å². The van der Waals surface area contributed by atoms with E-state index in [0.29, 0.717) is 26.1 Å². The molecule has 3 atom stereocenters. The minimum absolute atomic E-state index is 0.0215. The molecule has 0 aromatic heterocycles. The second-order valence-corrected chi connectivity index (χ2v) is 6.69. The van der Waals surface area contributed by atoms with Crippen LogP contribution < -0.4 is 0 Å². The van der Waals surface area contributed by atoms with Crippen LogP contribution in [-0.4, -0.2) is 43.0 Å². The molecule has 1 aliphatic heterocycles. The zero-order valence-corrected chi connectivity index (χ0v) is 13.2. The lowest BCUT2D eigenvalue weighted by atomic mass is 9.61. The first-order valence-electron chi connectivity index (χ1n) is 7.65. The molecule has 122 valence electrons. The van der Waals surface area contributed by atoms with Crippen LogP contribution in [0.5, 0.6) is 0 Å². The van der Waals surface area contributed by atoms with Gasteiger partial charge in [0.25, 0.3) is 0 Å². The van der Waals surface area contributed by atoms with Crippen LogP contribution in [0.15, 0.2) is 11.3 Å². The molecule has 0 spiro atoms. The van der Waals surface area contributed by atoms with Crippen LogP contribution in [0.1, 0.15) is 33.1 Å². The zero-order valence-electron chi connectivity index (χ0n) is 13.2. The third-order valence-electron chi connectivity index (χ3n) is 5.64. The largest absolute Gasteiger partial charge is 0.512 e. The predicted octanol–water partition coefficient (Wildman–Crippen LogP) is 1.74. The van der Waals surface area contributed by atoms with Crippen molar-refractivity contribution in [1.29, 1.82) is 0 Å². The van der Waals surface area contributed by atoms with E-state index in [-0.39, 0.29) is 35.4 Å². The Morgan fingerprint density at radius 1 is 1.23 bits per heavy atom. The van der Waals surface area contributed by atoms with Gasteiger partial charge in [-0.05, 0) is 26.2 Å². The number of Topliss-reactive ketones (excluding diaryl/α,β-unsaturated/α-hetero) is 1. The number of methoxy groups -OCH3 is 1. The van der Waals surface area contributed by atoms with Gasteiger partial charge in [0, 0.05) is 18.8 Å². The van der Waals surface area contributed by atoms with E-state index in [0.717, 1.165) is 0 Å². The van der Waals surface area contributed by atoms with Crippen LogP contribution >= 0.6 is 0 Å². The Labute approximate surface area is 129 Å². The topological polar surface area (TPSA) is 82.1 Å². The summed E-state index contributed by atoms with van der Waals surface area (Å²) in [5.41, 5.74) is -0.843. The molecule has 1 saturated heterocycles. The molecule has 1 heterocycles. The molecule has 0 aromatic carbocycles. The lowest BCUT2D eigenvalue weighted by Crippen LogP contribution is -2.49. The normalized spacial score (nSPS) is 37.3. The van der Waals surface area contributed by atoms with E-state index in [9.17, 15) is 14.7 Å². The molecule has 6 heteroatoms. The molecule has 2 fully saturated rings. The van der Waals surface area contributed by atoms with Gasteiger partial charge in [0.1, 0.15) is 11.5 Å². The summed E-state index contributed by atoms with van der Waals surface area (Å²) in [5, 5.41) is 10.2. The van der Waals surface area contributed by atoms with Gasteiger partial charge in [0.2, 0.25) is 0 Å². The van der Waals surface area contributed by atoms with E-state index in [4.69, 9.17) is 14.2 Å². The molecule has 2 aliphatic carbocycles. The summed E-state index contributed by atoms with van der Waals surface area (Å²) in [6, 6.07) is 0. The van der Waals surface area contributed by atoms with Crippen molar-refractivity contribution < 1.29 is 28.9 Å². The number of aliphatic hydroxyl groups excluding tert-OH is 1. The van der Waals surface area contributed by atoms with Gasteiger partial charge in [-0.2, -0.15) is 0 Å². The number of carbonyl (C=O) groups is 2. The van der Waals surface area contributed by atoms with Crippen molar-refractivity contribution in [1.82, 2.24) is 0 Å². The summed E-state index contributed by atoms with van der Waals surface area (Å²) in [5.74, 6) is -1.64. The van der Waals surface area contributed by atoms with Gasteiger partial charge in [-0.15, -0.1) is 0 Å². The third-order valence-corrected chi connectivity index (χ3v) is 5.64. The second-order valence-electron chi connectivity index (χ2n) is 6.69. The number of rotatable bonds is 2. The summed E-state index contributed by atoms with van der Waals surface area (Å²) in [7, 11) is 1.26. The highest BCUT2D eigenvalue weighted by atomic mass is 16.7. The second kappa shape index (κ2) is 5.06. The lowest BCUT2D eigenvalue weighted by molar-refractivity contribution is -0.197. The summed E-state index contributed by atoms with van der Waals surface area (Å²) in [6.07, 6.45) is 1.26. The highest BCUT2D eigenvalue weighted by Crippen LogP contribution is 2.56. The molecule has 1 N–H and O–H groups in total.